The van der Waals surface area contributed by atoms with Crippen LogP contribution in [0.5, 0.6) is 5.75 Å². The van der Waals surface area contributed by atoms with E-state index in [2.05, 4.69) is 0 Å². The van der Waals surface area contributed by atoms with Crippen molar-refractivity contribution in [3.05, 3.63) is 23.8 Å². The van der Waals surface area contributed by atoms with E-state index in [1.807, 2.05) is 18.9 Å². The Balaban J connectivity index is 2.60. The fourth-order valence-electron chi connectivity index (χ4n) is 1.73. The molecule has 106 valence electrons. The van der Waals surface area contributed by atoms with Gasteiger partial charge in [0, 0.05) is 25.1 Å². The standard InChI is InChI=1S/C14H22N2O3/c1-3-19-14-5-4-11(10-12(14)15)13(18)6-7-16(2)8-9-17/h4-5,10,17H,3,6-9,15H2,1-2H3. The maximum Gasteiger partial charge on any atom is 0.164 e. The van der Waals surface area contributed by atoms with Crippen LogP contribution in [0.15, 0.2) is 18.2 Å². The van der Waals surface area contributed by atoms with Crippen LogP contribution in [-0.4, -0.2) is 49.1 Å². The fourth-order valence-corrected chi connectivity index (χ4v) is 1.73. The molecule has 0 aromatic heterocycles. The van der Waals surface area contributed by atoms with Crippen molar-refractivity contribution in [3.8, 4) is 5.75 Å². The van der Waals surface area contributed by atoms with E-state index >= 15 is 0 Å². The molecule has 5 nitrogen and oxygen atoms in total. The third-order valence-corrected chi connectivity index (χ3v) is 2.83. The van der Waals surface area contributed by atoms with Crippen molar-refractivity contribution in [1.29, 1.82) is 0 Å². The summed E-state index contributed by atoms with van der Waals surface area (Å²) in [5.74, 6) is 0.649. The van der Waals surface area contributed by atoms with E-state index in [4.69, 9.17) is 15.6 Å². The predicted octanol–water partition coefficient (Wildman–Crippen LogP) is 1.16. The number of carbonyl (C=O) groups excluding carboxylic acids is 1. The maximum absolute atomic E-state index is 12.0. The molecular weight excluding hydrogens is 244 g/mol. The number of hydrogen-bond acceptors (Lipinski definition) is 5. The minimum atomic E-state index is 0.0412. The average Bonchev–Trinajstić information content (AvgIpc) is 2.39. The first-order valence-electron chi connectivity index (χ1n) is 6.43. The lowest BCUT2D eigenvalue weighted by atomic mass is 10.1. The van der Waals surface area contributed by atoms with Crippen molar-refractivity contribution >= 4 is 11.5 Å². The Morgan fingerprint density at radius 3 is 2.74 bits per heavy atom. The van der Waals surface area contributed by atoms with Gasteiger partial charge < -0.3 is 20.5 Å². The van der Waals surface area contributed by atoms with Crippen LogP contribution in [0.25, 0.3) is 0 Å². The number of ether oxygens (including phenoxy) is 1. The molecule has 0 amide bonds. The number of ketones is 1. The van der Waals surface area contributed by atoms with Crippen LogP contribution >= 0.6 is 0 Å². The molecule has 0 heterocycles. The lowest BCUT2D eigenvalue weighted by Gasteiger charge is -2.14. The van der Waals surface area contributed by atoms with Crippen LogP contribution in [0.4, 0.5) is 5.69 Å². The highest BCUT2D eigenvalue weighted by molar-refractivity contribution is 5.97. The minimum Gasteiger partial charge on any atom is -0.492 e. The molecule has 0 bridgehead atoms. The Bertz CT molecular complexity index is 421. The molecule has 0 spiro atoms. The first-order chi connectivity index (χ1) is 9.08. The number of carbonyl (C=O) groups is 1. The van der Waals surface area contributed by atoms with Crippen LogP contribution < -0.4 is 10.5 Å². The van der Waals surface area contributed by atoms with E-state index < -0.39 is 0 Å². The maximum atomic E-state index is 12.0. The third kappa shape index (κ3) is 4.89. The second-order valence-electron chi connectivity index (χ2n) is 4.39. The van der Waals surface area contributed by atoms with Crippen molar-refractivity contribution in [2.45, 2.75) is 13.3 Å². The van der Waals surface area contributed by atoms with Gasteiger partial charge in [-0.15, -0.1) is 0 Å². The Labute approximate surface area is 114 Å². The molecule has 0 atom stereocenters. The molecule has 0 aliphatic heterocycles. The zero-order valence-corrected chi connectivity index (χ0v) is 11.6. The molecule has 1 aromatic carbocycles. The van der Waals surface area contributed by atoms with E-state index in [0.29, 0.717) is 43.1 Å². The second kappa shape index (κ2) is 7.76. The van der Waals surface area contributed by atoms with Crippen LogP contribution in [0.1, 0.15) is 23.7 Å². The molecule has 0 aliphatic carbocycles. The van der Waals surface area contributed by atoms with Crippen LogP contribution in [0, 0.1) is 0 Å². The van der Waals surface area contributed by atoms with Gasteiger partial charge in [-0.1, -0.05) is 0 Å². The smallest absolute Gasteiger partial charge is 0.164 e. The van der Waals surface area contributed by atoms with Gasteiger partial charge in [0.15, 0.2) is 5.78 Å². The molecule has 19 heavy (non-hydrogen) atoms. The number of rotatable bonds is 8. The van der Waals surface area contributed by atoms with Crippen molar-refractivity contribution in [3.63, 3.8) is 0 Å². The minimum absolute atomic E-state index is 0.0412. The van der Waals surface area contributed by atoms with Gasteiger partial charge in [-0.05, 0) is 32.2 Å². The molecular formula is C14H22N2O3. The summed E-state index contributed by atoms with van der Waals surface area (Å²) >= 11 is 0. The number of likely N-dealkylation sites (N-methyl/N-ethyl adjacent to an activating group) is 1. The summed E-state index contributed by atoms with van der Waals surface area (Å²) in [4.78, 5) is 13.9. The fraction of sp³-hybridized carbons (Fsp3) is 0.500. The lowest BCUT2D eigenvalue weighted by Crippen LogP contribution is -2.25. The average molecular weight is 266 g/mol. The van der Waals surface area contributed by atoms with Gasteiger partial charge in [0.05, 0.1) is 18.9 Å². The molecule has 0 aliphatic rings. The number of Topliss-reactive ketones (excluding diaryl/α,β-unsaturated/α-hetero) is 1. The Kier molecular flexibility index (Phi) is 6.32. The highest BCUT2D eigenvalue weighted by Crippen LogP contribution is 2.23. The molecule has 0 fully saturated rings. The Hall–Kier alpha value is -1.59. The Morgan fingerprint density at radius 1 is 1.42 bits per heavy atom. The monoisotopic (exact) mass is 266 g/mol. The number of benzene rings is 1. The second-order valence-corrected chi connectivity index (χ2v) is 4.39. The third-order valence-electron chi connectivity index (χ3n) is 2.83. The van der Waals surface area contributed by atoms with Crippen molar-refractivity contribution in [2.24, 2.45) is 0 Å². The summed E-state index contributed by atoms with van der Waals surface area (Å²) in [5.41, 5.74) is 6.91. The van der Waals surface area contributed by atoms with Gasteiger partial charge in [-0.2, -0.15) is 0 Å². The largest absolute Gasteiger partial charge is 0.492 e. The van der Waals surface area contributed by atoms with Gasteiger partial charge in [-0.25, -0.2) is 0 Å². The van der Waals surface area contributed by atoms with Crippen LogP contribution in [0.2, 0.25) is 0 Å². The molecule has 0 saturated heterocycles. The molecule has 5 heteroatoms. The van der Waals surface area contributed by atoms with Gasteiger partial charge in [0.2, 0.25) is 0 Å². The number of aliphatic hydroxyl groups is 1. The number of hydrogen-bond donors (Lipinski definition) is 2. The summed E-state index contributed by atoms with van der Waals surface area (Å²) in [5, 5.41) is 8.78. The molecule has 0 unspecified atom stereocenters. The first kappa shape index (κ1) is 15.5. The quantitative estimate of drug-likeness (QED) is 0.545. The van der Waals surface area contributed by atoms with E-state index in [0.717, 1.165) is 0 Å². The summed E-state index contributed by atoms with van der Waals surface area (Å²) in [7, 11) is 1.87. The van der Waals surface area contributed by atoms with E-state index in [1.54, 1.807) is 18.2 Å². The normalized spacial score (nSPS) is 10.7. The number of aliphatic hydroxyl groups excluding tert-OH is 1. The molecule has 3 N–H and O–H groups in total. The van der Waals surface area contributed by atoms with Crippen molar-refractivity contribution < 1.29 is 14.6 Å². The number of nitrogens with two attached hydrogens (primary N) is 1. The Morgan fingerprint density at radius 2 is 2.16 bits per heavy atom. The van der Waals surface area contributed by atoms with Gasteiger partial charge in [0.25, 0.3) is 0 Å². The van der Waals surface area contributed by atoms with E-state index in [-0.39, 0.29) is 12.4 Å². The van der Waals surface area contributed by atoms with Gasteiger partial charge in [0.1, 0.15) is 5.75 Å². The van der Waals surface area contributed by atoms with Crippen LogP contribution in [0.3, 0.4) is 0 Å². The summed E-state index contributed by atoms with van der Waals surface area (Å²) in [6.07, 6.45) is 0.407. The van der Waals surface area contributed by atoms with Crippen LogP contribution in [-0.2, 0) is 0 Å². The summed E-state index contributed by atoms with van der Waals surface area (Å²) < 4.78 is 5.33. The number of nitrogens with zero attached hydrogens (tertiary/aromatic N) is 1. The molecule has 1 rings (SSSR count). The zero-order chi connectivity index (χ0) is 14.3. The highest BCUT2D eigenvalue weighted by Gasteiger charge is 2.10. The summed E-state index contributed by atoms with van der Waals surface area (Å²) in [6, 6.07) is 5.11. The molecule has 1 aromatic rings. The number of anilines is 1. The zero-order valence-electron chi connectivity index (χ0n) is 11.6. The molecule has 0 saturated carbocycles. The van der Waals surface area contributed by atoms with Crippen molar-refractivity contribution in [2.75, 3.05) is 39.1 Å². The number of nitrogen functional groups attached to an aromatic ring is 1. The predicted molar refractivity (Wildman–Crippen MR) is 75.6 cm³/mol. The SMILES string of the molecule is CCOc1ccc(C(=O)CCN(C)CCO)cc1N. The lowest BCUT2D eigenvalue weighted by molar-refractivity contribution is 0.0964. The first-order valence-corrected chi connectivity index (χ1v) is 6.43. The van der Waals surface area contributed by atoms with E-state index in [9.17, 15) is 4.79 Å². The summed E-state index contributed by atoms with van der Waals surface area (Å²) in [6.45, 7) is 3.71. The van der Waals surface area contributed by atoms with Crippen molar-refractivity contribution in [1.82, 2.24) is 4.90 Å². The van der Waals surface area contributed by atoms with Gasteiger partial charge in [-0.3, -0.25) is 4.79 Å². The molecule has 0 radical (unpaired) electrons. The van der Waals surface area contributed by atoms with Gasteiger partial charge >= 0.3 is 0 Å². The highest BCUT2D eigenvalue weighted by atomic mass is 16.5. The topological polar surface area (TPSA) is 75.8 Å². The van der Waals surface area contributed by atoms with E-state index in [1.165, 1.54) is 0 Å².